The summed E-state index contributed by atoms with van der Waals surface area (Å²) < 4.78 is 25.7. The molecule has 0 fully saturated rings. The molecule has 0 aliphatic carbocycles. The van der Waals surface area contributed by atoms with Crippen LogP contribution in [0.15, 0.2) is 76.5 Å². The summed E-state index contributed by atoms with van der Waals surface area (Å²) in [5, 5.41) is 4.75. The van der Waals surface area contributed by atoms with E-state index in [9.17, 15) is 13.2 Å². The summed E-state index contributed by atoms with van der Waals surface area (Å²) >= 11 is 1.46. The summed E-state index contributed by atoms with van der Waals surface area (Å²) in [4.78, 5) is 13.7. The number of benzene rings is 3. The average molecular weight is 415 g/mol. The molecule has 0 saturated heterocycles. The van der Waals surface area contributed by atoms with Gasteiger partial charge in [-0.25, -0.2) is 12.7 Å². The molecule has 3 aromatic carbocycles. The summed E-state index contributed by atoms with van der Waals surface area (Å²) in [6.45, 7) is 1.83. The molecule has 1 N–H and O–H groups in total. The highest BCUT2D eigenvalue weighted by atomic mass is 32.2. The zero-order chi connectivity index (χ0) is 20.3. The number of hydrogen-bond acceptors (Lipinski definition) is 4. The fraction of sp³-hybridized carbons (Fsp3) is 0.190. The van der Waals surface area contributed by atoms with Gasteiger partial charge in [-0.3, -0.25) is 4.79 Å². The maximum Gasteiger partial charge on any atom is 0.242 e. The van der Waals surface area contributed by atoms with E-state index >= 15 is 0 Å². The van der Waals surface area contributed by atoms with Gasteiger partial charge in [-0.1, -0.05) is 36.4 Å². The minimum atomic E-state index is -3.55. The molecule has 0 heterocycles. The molecule has 0 aliphatic rings. The molecule has 5 nitrogen and oxygen atoms in total. The Balaban J connectivity index is 1.72. The smallest absolute Gasteiger partial charge is 0.242 e. The zero-order valence-corrected chi connectivity index (χ0v) is 17.5. The lowest BCUT2D eigenvalue weighted by molar-refractivity contribution is -0.115. The van der Waals surface area contributed by atoms with Crippen LogP contribution in [-0.2, 0) is 14.8 Å². The summed E-state index contributed by atoms with van der Waals surface area (Å²) in [7, 11) is -0.598. The molecule has 0 aliphatic heterocycles. The van der Waals surface area contributed by atoms with Gasteiger partial charge in [-0.2, -0.15) is 0 Å². The van der Waals surface area contributed by atoms with E-state index in [1.54, 1.807) is 12.1 Å². The van der Waals surface area contributed by atoms with Crippen molar-refractivity contribution in [3.05, 3.63) is 66.7 Å². The maximum atomic E-state index is 12.6. The maximum absolute atomic E-state index is 12.6. The summed E-state index contributed by atoms with van der Waals surface area (Å²) in [6.07, 6.45) is 0. The predicted octanol–water partition coefficient (Wildman–Crippen LogP) is 4.21. The number of rotatable bonds is 6. The Morgan fingerprint density at radius 1 is 0.964 bits per heavy atom. The Morgan fingerprint density at radius 3 is 2.39 bits per heavy atom. The molecule has 0 unspecified atom stereocenters. The summed E-state index contributed by atoms with van der Waals surface area (Å²) in [5.41, 5.74) is 0.457. The van der Waals surface area contributed by atoms with Crippen molar-refractivity contribution in [1.29, 1.82) is 0 Å². The van der Waals surface area contributed by atoms with Gasteiger partial charge in [0.2, 0.25) is 15.9 Å². The first kappa shape index (κ1) is 20.4. The van der Waals surface area contributed by atoms with E-state index < -0.39 is 10.0 Å². The Kier molecular flexibility index (Phi) is 6.07. The van der Waals surface area contributed by atoms with Gasteiger partial charge in [0, 0.05) is 24.7 Å². The van der Waals surface area contributed by atoms with Crippen molar-refractivity contribution in [3.63, 3.8) is 0 Å². The number of fused-ring (bicyclic) bond motifs is 1. The lowest BCUT2D eigenvalue weighted by Crippen LogP contribution is -2.24. The van der Waals surface area contributed by atoms with Crippen molar-refractivity contribution in [2.75, 3.05) is 19.4 Å². The van der Waals surface area contributed by atoms with Crippen molar-refractivity contribution in [1.82, 2.24) is 4.31 Å². The number of nitrogens with one attached hydrogen (secondary N) is 1. The van der Waals surface area contributed by atoms with Crippen LogP contribution in [0.3, 0.4) is 0 Å². The molecule has 1 amide bonds. The molecule has 0 saturated carbocycles. The molecule has 7 heteroatoms. The van der Waals surface area contributed by atoms with Crippen molar-refractivity contribution >= 4 is 44.2 Å². The largest absolute Gasteiger partial charge is 0.325 e. The highest BCUT2D eigenvalue weighted by molar-refractivity contribution is 8.00. The SMILES string of the molecule is C[C@H](Sc1ccc2ccccc2c1)C(=O)Nc1cccc(S(=O)(=O)N(C)C)c1. The summed E-state index contributed by atoms with van der Waals surface area (Å²) in [5.74, 6) is -0.183. The molecular weight excluding hydrogens is 392 g/mol. The second-order valence-corrected chi connectivity index (χ2v) is 10.1. The molecule has 0 bridgehead atoms. The van der Waals surface area contributed by atoms with Crippen LogP contribution >= 0.6 is 11.8 Å². The van der Waals surface area contributed by atoms with Gasteiger partial charge in [0.25, 0.3) is 0 Å². The summed E-state index contributed by atoms with van der Waals surface area (Å²) in [6, 6.07) is 20.5. The molecule has 0 radical (unpaired) electrons. The molecule has 0 spiro atoms. The van der Waals surface area contributed by atoms with Crippen LogP contribution in [0.25, 0.3) is 10.8 Å². The molecule has 3 aromatic rings. The Labute approximate surface area is 169 Å². The Morgan fingerprint density at radius 2 is 1.68 bits per heavy atom. The van der Waals surface area contributed by atoms with Gasteiger partial charge in [-0.15, -0.1) is 11.8 Å². The van der Waals surface area contributed by atoms with Gasteiger partial charge in [0.15, 0.2) is 0 Å². The first-order chi connectivity index (χ1) is 13.3. The minimum absolute atomic E-state index is 0.144. The second-order valence-electron chi connectivity index (χ2n) is 6.57. The van der Waals surface area contributed by atoms with Crippen LogP contribution in [0.5, 0.6) is 0 Å². The number of nitrogens with zero attached hydrogens (tertiary/aromatic N) is 1. The lowest BCUT2D eigenvalue weighted by atomic mass is 10.1. The number of carbonyl (C=O) groups is 1. The minimum Gasteiger partial charge on any atom is -0.325 e. The van der Waals surface area contributed by atoms with Crippen molar-refractivity contribution < 1.29 is 13.2 Å². The van der Waals surface area contributed by atoms with Gasteiger partial charge >= 0.3 is 0 Å². The Bertz CT molecular complexity index is 1110. The van der Waals surface area contributed by atoms with E-state index in [2.05, 4.69) is 17.4 Å². The van der Waals surface area contributed by atoms with Crippen molar-refractivity contribution in [2.45, 2.75) is 22.0 Å². The normalized spacial score (nSPS) is 12.9. The third kappa shape index (κ3) is 4.55. The quantitative estimate of drug-likeness (QED) is 0.614. The van der Waals surface area contributed by atoms with Crippen LogP contribution in [0.2, 0.25) is 0 Å². The Hall–Kier alpha value is -2.35. The predicted molar refractivity (Wildman–Crippen MR) is 115 cm³/mol. The number of carbonyl (C=O) groups excluding carboxylic acids is 1. The van der Waals surface area contributed by atoms with Crippen LogP contribution < -0.4 is 5.32 Å². The molecule has 3 rings (SSSR count). The first-order valence-corrected chi connectivity index (χ1v) is 11.1. The van der Waals surface area contributed by atoms with Crippen LogP contribution in [-0.4, -0.2) is 38.0 Å². The van der Waals surface area contributed by atoms with Crippen LogP contribution in [0, 0.1) is 0 Å². The number of sulfonamides is 1. The second kappa shape index (κ2) is 8.34. The average Bonchev–Trinajstić information content (AvgIpc) is 2.68. The van der Waals surface area contributed by atoms with Crippen molar-refractivity contribution in [3.8, 4) is 0 Å². The third-order valence-electron chi connectivity index (χ3n) is 4.28. The molecule has 0 aromatic heterocycles. The van der Waals surface area contributed by atoms with Gasteiger partial charge in [0.05, 0.1) is 10.1 Å². The number of hydrogen-bond donors (Lipinski definition) is 1. The van der Waals surface area contributed by atoms with E-state index in [4.69, 9.17) is 0 Å². The molecule has 146 valence electrons. The third-order valence-corrected chi connectivity index (χ3v) is 7.19. The van der Waals surface area contributed by atoms with E-state index in [0.717, 1.165) is 20.0 Å². The fourth-order valence-electron chi connectivity index (χ4n) is 2.69. The monoisotopic (exact) mass is 414 g/mol. The van der Waals surface area contributed by atoms with E-state index in [1.165, 1.54) is 38.0 Å². The molecule has 28 heavy (non-hydrogen) atoms. The number of thioether (sulfide) groups is 1. The van der Waals surface area contributed by atoms with E-state index in [-0.39, 0.29) is 16.1 Å². The number of amides is 1. The molecular formula is C21H22N2O3S2. The first-order valence-electron chi connectivity index (χ1n) is 8.76. The zero-order valence-electron chi connectivity index (χ0n) is 15.9. The molecule has 1 atom stereocenters. The van der Waals surface area contributed by atoms with Crippen LogP contribution in [0.4, 0.5) is 5.69 Å². The highest BCUT2D eigenvalue weighted by Crippen LogP contribution is 2.28. The number of anilines is 1. The topological polar surface area (TPSA) is 66.5 Å². The highest BCUT2D eigenvalue weighted by Gasteiger charge is 2.19. The van der Waals surface area contributed by atoms with E-state index in [0.29, 0.717) is 5.69 Å². The standard InChI is InChI=1S/C21H22N2O3S2/c1-15(27-19-12-11-16-7-4-5-8-17(16)13-19)21(24)22-18-9-6-10-20(14-18)28(25,26)23(2)3/h4-15H,1-3H3,(H,22,24)/t15-/m0/s1. The van der Waals surface area contributed by atoms with Gasteiger partial charge < -0.3 is 5.32 Å². The lowest BCUT2D eigenvalue weighted by Gasteiger charge is -2.15. The van der Waals surface area contributed by atoms with Crippen molar-refractivity contribution in [2.24, 2.45) is 0 Å². The van der Waals surface area contributed by atoms with Crippen LogP contribution in [0.1, 0.15) is 6.92 Å². The van der Waals surface area contributed by atoms with Gasteiger partial charge in [0.1, 0.15) is 0 Å². The fourth-order valence-corrected chi connectivity index (χ4v) is 4.55. The van der Waals surface area contributed by atoms with E-state index in [1.807, 2.05) is 37.3 Å². The van der Waals surface area contributed by atoms with Gasteiger partial charge in [-0.05, 0) is 48.0 Å².